The average molecular weight is 352 g/mol. The Morgan fingerprint density at radius 2 is 2.00 bits per heavy atom. The van der Waals surface area contributed by atoms with E-state index >= 15 is 0 Å². The van der Waals surface area contributed by atoms with Crippen LogP contribution in [0.4, 0.5) is 0 Å². The molecule has 2 aromatic carbocycles. The van der Waals surface area contributed by atoms with E-state index in [1.807, 2.05) is 48.5 Å². The third-order valence-electron chi connectivity index (χ3n) is 4.71. The number of nitrogens with zero attached hydrogens (tertiary/aromatic N) is 1. The maximum Gasteiger partial charge on any atom is 0.251 e. The molecule has 0 spiro atoms. The van der Waals surface area contributed by atoms with Crippen LogP contribution in [0.1, 0.15) is 41.8 Å². The monoisotopic (exact) mass is 352 g/mol. The molecule has 4 heteroatoms. The van der Waals surface area contributed by atoms with E-state index in [1.165, 1.54) is 6.42 Å². The molecule has 3 rings (SSSR count). The molecule has 0 aromatic heterocycles. The predicted octanol–water partition coefficient (Wildman–Crippen LogP) is 3.86. The number of fused-ring (bicyclic) bond motifs is 1. The van der Waals surface area contributed by atoms with Gasteiger partial charge in [-0.1, -0.05) is 50.2 Å². The number of benzene rings is 2. The molecular weight excluding hydrogens is 324 g/mol. The van der Waals surface area contributed by atoms with E-state index in [-0.39, 0.29) is 5.91 Å². The maximum absolute atomic E-state index is 12.5. The Kier molecular flexibility index (Phi) is 6.29. The largest absolute Gasteiger partial charge is 0.492 e. The highest BCUT2D eigenvalue weighted by molar-refractivity contribution is 5.94. The molecule has 1 heterocycles. The number of carbonyl (C=O) groups excluding carboxylic acids is 1. The zero-order chi connectivity index (χ0) is 18.4. The molecule has 0 unspecified atom stereocenters. The van der Waals surface area contributed by atoms with Crippen molar-refractivity contribution in [2.24, 2.45) is 5.92 Å². The lowest BCUT2D eigenvalue weighted by molar-refractivity contribution is 0.0950. The smallest absolute Gasteiger partial charge is 0.251 e. The van der Waals surface area contributed by atoms with Crippen LogP contribution in [0.5, 0.6) is 5.75 Å². The van der Waals surface area contributed by atoms with Gasteiger partial charge in [-0.15, -0.1) is 0 Å². The first-order valence-electron chi connectivity index (χ1n) is 9.42. The SMILES string of the molecule is CC(C)CCN1CCOc2cc(C(=O)NCc3ccccc3)ccc2C1. The fraction of sp³-hybridized carbons (Fsp3) is 0.409. The summed E-state index contributed by atoms with van der Waals surface area (Å²) in [7, 11) is 0. The lowest BCUT2D eigenvalue weighted by atomic mass is 10.1. The molecule has 0 saturated carbocycles. The summed E-state index contributed by atoms with van der Waals surface area (Å²) in [5.41, 5.74) is 2.90. The lowest BCUT2D eigenvalue weighted by Gasteiger charge is -2.20. The molecule has 26 heavy (non-hydrogen) atoms. The molecule has 4 nitrogen and oxygen atoms in total. The number of rotatable bonds is 6. The Morgan fingerprint density at radius 1 is 1.19 bits per heavy atom. The minimum atomic E-state index is -0.0684. The van der Waals surface area contributed by atoms with Gasteiger partial charge in [-0.25, -0.2) is 0 Å². The topological polar surface area (TPSA) is 41.6 Å². The van der Waals surface area contributed by atoms with Gasteiger partial charge < -0.3 is 10.1 Å². The van der Waals surface area contributed by atoms with Crippen molar-refractivity contribution >= 4 is 5.91 Å². The molecular formula is C22H28N2O2. The van der Waals surface area contributed by atoms with Gasteiger partial charge in [0.15, 0.2) is 0 Å². The minimum Gasteiger partial charge on any atom is -0.492 e. The summed E-state index contributed by atoms with van der Waals surface area (Å²) in [4.78, 5) is 14.9. The molecule has 138 valence electrons. The third kappa shape index (κ3) is 5.09. The molecule has 0 bridgehead atoms. The molecule has 2 aromatic rings. The number of hydrogen-bond donors (Lipinski definition) is 1. The normalized spacial score (nSPS) is 14.4. The summed E-state index contributed by atoms with van der Waals surface area (Å²) in [6.45, 7) is 8.59. The highest BCUT2D eigenvalue weighted by Gasteiger charge is 2.17. The van der Waals surface area contributed by atoms with Crippen molar-refractivity contribution in [3.63, 3.8) is 0 Å². The molecule has 0 saturated heterocycles. The van der Waals surface area contributed by atoms with E-state index in [1.54, 1.807) is 0 Å². The fourth-order valence-corrected chi connectivity index (χ4v) is 3.08. The van der Waals surface area contributed by atoms with Gasteiger partial charge in [-0.2, -0.15) is 0 Å². The third-order valence-corrected chi connectivity index (χ3v) is 4.71. The van der Waals surface area contributed by atoms with Gasteiger partial charge in [-0.3, -0.25) is 9.69 Å². The molecule has 1 N–H and O–H groups in total. The summed E-state index contributed by atoms with van der Waals surface area (Å²) < 4.78 is 5.92. The molecule has 0 radical (unpaired) electrons. The molecule has 1 aliphatic heterocycles. The number of ether oxygens (including phenoxy) is 1. The van der Waals surface area contributed by atoms with Crippen molar-refractivity contribution in [2.45, 2.75) is 33.4 Å². The van der Waals surface area contributed by atoms with Gasteiger partial charge in [0.2, 0.25) is 0 Å². The van der Waals surface area contributed by atoms with Crippen LogP contribution in [-0.4, -0.2) is 30.5 Å². The highest BCUT2D eigenvalue weighted by Crippen LogP contribution is 2.25. The van der Waals surface area contributed by atoms with Crippen LogP contribution in [0.2, 0.25) is 0 Å². The van der Waals surface area contributed by atoms with Crippen LogP contribution in [0.15, 0.2) is 48.5 Å². The Labute approximate surface area is 156 Å². The van der Waals surface area contributed by atoms with E-state index in [0.29, 0.717) is 24.6 Å². The quantitative estimate of drug-likeness (QED) is 0.858. The summed E-state index contributed by atoms with van der Waals surface area (Å²) in [6, 6.07) is 15.7. The van der Waals surface area contributed by atoms with Gasteiger partial charge in [0.1, 0.15) is 12.4 Å². The van der Waals surface area contributed by atoms with Crippen LogP contribution >= 0.6 is 0 Å². The van der Waals surface area contributed by atoms with Gasteiger partial charge in [-0.05, 0) is 36.6 Å². The second kappa shape index (κ2) is 8.86. The lowest BCUT2D eigenvalue weighted by Crippen LogP contribution is -2.27. The Hall–Kier alpha value is -2.33. The number of amides is 1. The Morgan fingerprint density at radius 3 is 2.77 bits per heavy atom. The maximum atomic E-state index is 12.5. The van der Waals surface area contributed by atoms with Crippen molar-refractivity contribution in [3.8, 4) is 5.75 Å². The van der Waals surface area contributed by atoms with Gasteiger partial charge in [0.25, 0.3) is 5.91 Å². The van der Waals surface area contributed by atoms with Crippen molar-refractivity contribution in [1.29, 1.82) is 0 Å². The first-order valence-corrected chi connectivity index (χ1v) is 9.42. The Balaban J connectivity index is 1.63. The molecule has 0 fully saturated rings. The molecule has 0 atom stereocenters. The molecule has 1 aliphatic rings. The zero-order valence-corrected chi connectivity index (χ0v) is 15.7. The van der Waals surface area contributed by atoms with E-state index in [9.17, 15) is 4.79 Å². The van der Waals surface area contributed by atoms with Gasteiger partial charge >= 0.3 is 0 Å². The number of nitrogens with one attached hydrogen (secondary N) is 1. The van der Waals surface area contributed by atoms with E-state index in [2.05, 4.69) is 24.1 Å². The number of hydrogen-bond acceptors (Lipinski definition) is 3. The number of carbonyl (C=O) groups is 1. The van der Waals surface area contributed by atoms with Crippen LogP contribution in [0.3, 0.4) is 0 Å². The van der Waals surface area contributed by atoms with Crippen molar-refractivity contribution < 1.29 is 9.53 Å². The summed E-state index contributed by atoms with van der Waals surface area (Å²) in [5.74, 6) is 1.47. The van der Waals surface area contributed by atoms with Crippen LogP contribution < -0.4 is 10.1 Å². The molecule has 1 amide bonds. The molecule has 0 aliphatic carbocycles. The average Bonchev–Trinajstić information content (AvgIpc) is 2.86. The van der Waals surface area contributed by atoms with Crippen molar-refractivity contribution in [3.05, 3.63) is 65.2 Å². The van der Waals surface area contributed by atoms with Crippen LogP contribution in [0.25, 0.3) is 0 Å². The predicted molar refractivity (Wildman–Crippen MR) is 104 cm³/mol. The standard InChI is InChI=1S/C22H28N2O2/c1-17(2)10-11-24-12-13-26-21-14-19(8-9-20(21)16-24)22(25)23-15-18-6-4-3-5-7-18/h3-9,14,17H,10-13,15-16H2,1-2H3,(H,23,25). The fourth-order valence-electron chi connectivity index (χ4n) is 3.08. The Bertz CT molecular complexity index is 728. The summed E-state index contributed by atoms with van der Waals surface area (Å²) in [5, 5.41) is 2.97. The first-order chi connectivity index (χ1) is 12.6. The van der Waals surface area contributed by atoms with Gasteiger partial charge in [0.05, 0.1) is 0 Å². The van der Waals surface area contributed by atoms with E-state index < -0.39 is 0 Å². The first kappa shape index (κ1) is 18.5. The summed E-state index contributed by atoms with van der Waals surface area (Å²) in [6.07, 6.45) is 1.19. The van der Waals surface area contributed by atoms with E-state index in [0.717, 1.165) is 36.5 Å². The van der Waals surface area contributed by atoms with Crippen molar-refractivity contribution in [1.82, 2.24) is 10.2 Å². The zero-order valence-electron chi connectivity index (χ0n) is 15.7. The second-order valence-electron chi connectivity index (χ2n) is 7.30. The van der Waals surface area contributed by atoms with Crippen molar-refractivity contribution in [2.75, 3.05) is 19.7 Å². The highest BCUT2D eigenvalue weighted by atomic mass is 16.5. The summed E-state index contributed by atoms with van der Waals surface area (Å²) >= 11 is 0. The van der Waals surface area contributed by atoms with Crippen LogP contribution in [0, 0.1) is 5.92 Å². The van der Waals surface area contributed by atoms with E-state index in [4.69, 9.17) is 4.74 Å². The van der Waals surface area contributed by atoms with Gasteiger partial charge in [0, 0.05) is 30.8 Å². The second-order valence-corrected chi connectivity index (χ2v) is 7.30. The van der Waals surface area contributed by atoms with Crippen LogP contribution in [-0.2, 0) is 13.1 Å². The minimum absolute atomic E-state index is 0.0684.